The quantitative estimate of drug-likeness (QED) is 0.450. The van der Waals surface area contributed by atoms with Crippen LogP contribution in [0.25, 0.3) is 0 Å². The molecule has 2 nitrogen and oxygen atoms in total. The molecular formula is C8H11NO. The van der Waals surface area contributed by atoms with Gasteiger partial charge in [-0.05, 0) is 13.0 Å². The zero-order valence-corrected chi connectivity index (χ0v) is 6.05. The van der Waals surface area contributed by atoms with Crippen molar-refractivity contribution in [1.82, 2.24) is 5.32 Å². The SMILES string of the molecule is C#CCC(C)NC(=O)C=C. The maximum atomic E-state index is 10.6. The van der Waals surface area contributed by atoms with Crippen LogP contribution in [0.15, 0.2) is 12.7 Å². The van der Waals surface area contributed by atoms with E-state index >= 15 is 0 Å². The largest absolute Gasteiger partial charge is 0.349 e. The van der Waals surface area contributed by atoms with E-state index in [1.54, 1.807) is 0 Å². The first kappa shape index (κ1) is 8.77. The molecule has 0 rings (SSSR count). The molecule has 1 atom stereocenters. The van der Waals surface area contributed by atoms with Gasteiger partial charge in [0.1, 0.15) is 0 Å². The average Bonchev–Trinajstić information content (AvgIpc) is 1.88. The molecule has 0 spiro atoms. The highest BCUT2D eigenvalue weighted by Crippen LogP contribution is 1.86. The van der Waals surface area contributed by atoms with Crippen LogP contribution in [-0.4, -0.2) is 11.9 Å². The molecule has 0 aromatic heterocycles. The first-order valence-electron chi connectivity index (χ1n) is 3.07. The van der Waals surface area contributed by atoms with Crippen molar-refractivity contribution in [3.8, 4) is 12.3 Å². The van der Waals surface area contributed by atoms with Crippen LogP contribution in [0.5, 0.6) is 0 Å². The number of nitrogens with one attached hydrogen (secondary N) is 1. The Bertz CT molecular complexity index is 167. The zero-order valence-electron chi connectivity index (χ0n) is 6.05. The Labute approximate surface area is 61.3 Å². The number of terminal acetylenes is 1. The lowest BCUT2D eigenvalue weighted by Gasteiger charge is -2.07. The fourth-order valence-corrected chi connectivity index (χ4v) is 0.530. The Hall–Kier alpha value is -1.23. The van der Waals surface area contributed by atoms with E-state index in [1.807, 2.05) is 6.92 Å². The second-order valence-corrected chi connectivity index (χ2v) is 2.02. The number of carbonyl (C=O) groups is 1. The third kappa shape index (κ3) is 3.73. The number of carbonyl (C=O) groups excluding carboxylic acids is 1. The minimum atomic E-state index is -0.178. The molecule has 0 fully saturated rings. The second kappa shape index (κ2) is 4.63. The molecule has 2 heteroatoms. The summed E-state index contributed by atoms with van der Waals surface area (Å²) in [6.45, 7) is 5.16. The van der Waals surface area contributed by atoms with Crippen LogP contribution in [0.3, 0.4) is 0 Å². The highest BCUT2D eigenvalue weighted by Gasteiger charge is 2.00. The van der Waals surface area contributed by atoms with Gasteiger partial charge in [-0.2, -0.15) is 0 Å². The molecule has 0 aromatic carbocycles. The van der Waals surface area contributed by atoms with Gasteiger partial charge in [0.05, 0.1) is 0 Å². The topological polar surface area (TPSA) is 29.1 Å². The van der Waals surface area contributed by atoms with Crippen molar-refractivity contribution in [2.45, 2.75) is 19.4 Å². The molecule has 1 N–H and O–H groups in total. The summed E-state index contributed by atoms with van der Waals surface area (Å²) in [7, 11) is 0. The van der Waals surface area contributed by atoms with Crippen molar-refractivity contribution in [2.24, 2.45) is 0 Å². The molecule has 0 saturated heterocycles. The van der Waals surface area contributed by atoms with E-state index in [0.717, 1.165) is 0 Å². The number of hydrogen-bond acceptors (Lipinski definition) is 1. The van der Waals surface area contributed by atoms with Gasteiger partial charge in [0.15, 0.2) is 0 Å². The summed E-state index contributed by atoms with van der Waals surface area (Å²) in [5.74, 6) is 2.27. The van der Waals surface area contributed by atoms with Gasteiger partial charge in [-0.25, -0.2) is 0 Å². The molecular weight excluding hydrogens is 126 g/mol. The fourth-order valence-electron chi connectivity index (χ4n) is 0.530. The summed E-state index contributed by atoms with van der Waals surface area (Å²) in [6, 6.07) is 0.0375. The summed E-state index contributed by atoms with van der Waals surface area (Å²) >= 11 is 0. The molecule has 0 aliphatic rings. The van der Waals surface area contributed by atoms with E-state index in [9.17, 15) is 4.79 Å². The lowest BCUT2D eigenvalue weighted by Crippen LogP contribution is -2.30. The van der Waals surface area contributed by atoms with Gasteiger partial charge < -0.3 is 5.32 Å². The van der Waals surface area contributed by atoms with Gasteiger partial charge in [0.2, 0.25) is 5.91 Å². The van der Waals surface area contributed by atoms with Crippen molar-refractivity contribution in [3.63, 3.8) is 0 Å². The lowest BCUT2D eigenvalue weighted by atomic mass is 10.2. The molecule has 54 valence electrons. The second-order valence-electron chi connectivity index (χ2n) is 2.02. The van der Waals surface area contributed by atoms with Gasteiger partial charge in [0, 0.05) is 12.5 Å². The van der Waals surface area contributed by atoms with Crippen molar-refractivity contribution in [2.75, 3.05) is 0 Å². The van der Waals surface area contributed by atoms with Crippen LogP contribution in [0, 0.1) is 12.3 Å². The molecule has 0 heterocycles. The van der Waals surface area contributed by atoms with Crippen LogP contribution < -0.4 is 5.32 Å². The summed E-state index contributed by atoms with van der Waals surface area (Å²) in [5.41, 5.74) is 0. The third-order valence-corrected chi connectivity index (χ3v) is 0.998. The molecule has 0 aliphatic carbocycles. The molecule has 1 unspecified atom stereocenters. The van der Waals surface area contributed by atoms with Crippen molar-refractivity contribution in [1.29, 1.82) is 0 Å². The fraction of sp³-hybridized carbons (Fsp3) is 0.375. The summed E-state index contributed by atoms with van der Waals surface area (Å²) in [4.78, 5) is 10.6. The first-order valence-corrected chi connectivity index (χ1v) is 3.07. The highest BCUT2D eigenvalue weighted by atomic mass is 16.1. The Balaban J connectivity index is 3.58. The highest BCUT2D eigenvalue weighted by molar-refractivity contribution is 5.87. The predicted octanol–water partition coefficient (Wildman–Crippen LogP) is 0.700. The van der Waals surface area contributed by atoms with Crippen LogP contribution in [0.2, 0.25) is 0 Å². The maximum absolute atomic E-state index is 10.6. The maximum Gasteiger partial charge on any atom is 0.243 e. The Morgan fingerprint density at radius 1 is 2.00 bits per heavy atom. The van der Waals surface area contributed by atoms with Crippen LogP contribution in [-0.2, 0) is 4.79 Å². The van der Waals surface area contributed by atoms with Crippen molar-refractivity contribution in [3.05, 3.63) is 12.7 Å². The molecule has 0 aliphatic heterocycles. The van der Waals surface area contributed by atoms with Gasteiger partial charge in [0.25, 0.3) is 0 Å². The molecule has 0 bridgehead atoms. The normalized spacial score (nSPS) is 11.2. The van der Waals surface area contributed by atoms with E-state index < -0.39 is 0 Å². The van der Waals surface area contributed by atoms with Gasteiger partial charge in [-0.3, -0.25) is 4.79 Å². The van der Waals surface area contributed by atoms with Crippen molar-refractivity contribution < 1.29 is 4.79 Å². The average molecular weight is 137 g/mol. The van der Waals surface area contributed by atoms with E-state index in [2.05, 4.69) is 17.8 Å². The van der Waals surface area contributed by atoms with Crippen LogP contribution in [0.4, 0.5) is 0 Å². The Morgan fingerprint density at radius 3 is 3.00 bits per heavy atom. The monoisotopic (exact) mass is 137 g/mol. The molecule has 10 heavy (non-hydrogen) atoms. The van der Waals surface area contributed by atoms with Crippen LogP contribution >= 0.6 is 0 Å². The number of amides is 1. The van der Waals surface area contributed by atoms with Gasteiger partial charge >= 0.3 is 0 Å². The summed E-state index contributed by atoms with van der Waals surface area (Å²) < 4.78 is 0. The minimum Gasteiger partial charge on any atom is -0.349 e. The predicted molar refractivity (Wildman–Crippen MR) is 41.3 cm³/mol. The Kier molecular flexibility index (Phi) is 4.06. The standard InChI is InChI=1S/C8H11NO/c1-4-6-7(3)9-8(10)5-2/h1,5,7H,2,6H2,3H3,(H,9,10). The van der Waals surface area contributed by atoms with E-state index in [-0.39, 0.29) is 11.9 Å². The summed E-state index contributed by atoms with van der Waals surface area (Å²) in [5, 5.41) is 2.63. The minimum absolute atomic E-state index is 0.0375. The Morgan fingerprint density at radius 2 is 2.60 bits per heavy atom. The summed E-state index contributed by atoms with van der Waals surface area (Å²) in [6.07, 6.45) is 6.80. The van der Waals surface area contributed by atoms with Crippen LogP contribution in [0.1, 0.15) is 13.3 Å². The number of rotatable bonds is 3. The van der Waals surface area contributed by atoms with E-state index in [0.29, 0.717) is 6.42 Å². The third-order valence-electron chi connectivity index (χ3n) is 0.998. The smallest absolute Gasteiger partial charge is 0.243 e. The lowest BCUT2D eigenvalue weighted by molar-refractivity contribution is -0.117. The zero-order chi connectivity index (χ0) is 7.98. The molecule has 0 aromatic rings. The number of hydrogen-bond donors (Lipinski definition) is 1. The van der Waals surface area contributed by atoms with E-state index in [1.165, 1.54) is 6.08 Å². The first-order chi connectivity index (χ1) is 4.70. The van der Waals surface area contributed by atoms with Gasteiger partial charge in [-0.15, -0.1) is 12.3 Å². The van der Waals surface area contributed by atoms with Gasteiger partial charge in [-0.1, -0.05) is 6.58 Å². The molecule has 1 amide bonds. The van der Waals surface area contributed by atoms with Crippen molar-refractivity contribution >= 4 is 5.91 Å². The molecule has 0 saturated carbocycles. The van der Waals surface area contributed by atoms with E-state index in [4.69, 9.17) is 6.42 Å². The molecule has 0 radical (unpaired) electrons.